The zero-order chi connectivity index (χ0) is 12.5. The molecule has 94 valence electrons. The first-order chi connectivity index (χ1) is 8.22. The minimum atomic E-state index is -0.485. The second-order valence-corrected chi connectivity index (χ2v) is 4.06. The van der Waals surface area contributed by atoms with Crippen LogP contribution in [-0.2, 0) is 0 Å². The number of ether oxygens (including phenoxy) is 1. The van der Waals surface area contributed by atoms with Gasteiger partial charge in [0.25, 0.3) is 0 Å². The van der Waals surface area contributed by atoms with Crippen LogP contribution in [0.2, 0.25) is 0 Å². The van der Waals surface area contributed by atoms with Gasteiger partial charge < -0.3 is 15.2 Å². The standard InChI is InChI=1S/C14H21NO2/c1-3-4-9-15-10-13(16)11-17-14-7-5-12(2)6-8-14/h3,5-8,13,15-16H,1,4,9-11H2,2H3. The number of aryl methyl sites for hydroxylation is 1. The highest BCUT2D eigenvalue weighted by atomic mass is 16.5. The van der Waals surface area contributed by atoms with E-state index in [9.17, 15) is 5.11 Å². The van der Waals surface area contributed by atoms with Crippen LogP contribution in [-0.4, -0.2) is 30.9 Å². The molecule has 3 heteroatoms. The van der Waals surface area contributed by atoms with Crippen LogP contribution in [0.25, 0.3) is 0 Å². The molecule has 1 unspecified atom stereocenters. The Labute approximate surface area is 103 Å². The Balaban J connectivity index is 2.16. The number of hydrogen-bond donors (Lipinski definition) is 2. The van der Waals surface area contributed by atoms with Crippen LogP contribution >= 0.6 is 0 Å². The van der Waals surface area contributed by atoms with Gasteiger partial charge >= 0.3 is 0 Å². The molecule has 0 saturated heterocycles. The Kier molecular flexibility index (Phi) is 6.37. The molecule has 1 aromatic rings. The van der Waals surface area contributed by atoms with E-state index >= 15 is 0 Å². The molecular formula is C14H21NO2. The summed E-state index contributed by atoms with van der Waals surface area (Å²) in [5, 5.41) is 12.8. The summed E-state index contributed by atoms with van der Waals surface area (Å²) >= 11 is 0. The van der Waals surface area contributed by atoms with Crippen molar-refractivity contribution in [3.05, 3.63) is 42.5 Å². The second kappa shape index (κ2) is 7.87. The van der Waals surface area contributed by atoms with Crippen LogP contribution in [0, 0.1) is 6.92 Å². The van der Waals surface area contributed by atoms with Crippen molar-refractivity contribution >= 4 is 0 Å². The Morgan fingerprint density at radius 2 is 2.12 bits per heavy atom. The van der Waals surface area contributed by atoms with Gasteiger partial charge in [-0.1, -0.05) is 23.8 Å². The summed E-state index contributed by atoms with van der Waals surface area (Å²) < 4.78 is 5.47. The molecule has 2 N–H and O–H groups in total. The highest BCUT2D eigenvalue weighted by Crippen LogP contribution is 2.11. The number of rotatable bonds is 8. The van der Waals surface area contributed by atoms with E-state index in [1.54, 1.807) is 0 Å². The first kappa shape index (κ1) is 13.7. The Bertz CT molecular complexity index is 321. The molecule has 0 aliphatic heterocycles. The lowest BCUT2D eigenvalue weighted by molar-refractivity contribution is 0.107. The quantitative estimate of drug-likeness (QED) is 0.534. The first-order valence-electron chi connectivity index (χ1n) is 5.91. The smallest absolute Gasteiger partial charge is 0.119 e. The third kappa shape index (κ3) is 6.09. The molecular weight excluding hydrogens is 214 g/mol. The average Bonchev–Trinajstić information content (AvgIpc) is 2.34. The lowest BCUT2D eigenvalue weighted by atomic mass is 10.2. The molecule has 0 amide bonds. The topological polar surface area (TPSA) is 41.5 Å². The molecule has 0 aromatic heterocycles. The van der Waals surface area contributed by atoms with Gasteiger partial charge in [0.1, 0.15) is 18.5 Å². The third-order valence-electron chi connectivity index (χ3n) is 2.37. The molecule has 1 aromatic carbocycles. The van der Waals surface area contributed by atoms with E-state index in [1.807, 2.05) is 37.3 Å². The van der Waals surface area contributed by atoms with Gasteiger partial charge in [-0.05, 0) is 32.0 Å². The summed E-state index contributed by atoms with van der Waals surface area (Å²) in [6.07, 6.45) is 2.27. The molecule has 0 aliphatic carbocycles. The van der Waals surface area contributed by atoms with Gasteiger partial charge in [0.15, 0.2) is 0 Å². The van der Waals surface area contributed by atoms with Crippen molar-refractivity contribution in [1.29, 1.82) is 0 Å². The SMILES string of the molecule is C=CCCNCC(O)COc1ccc(C)cc1. The molecule has 1 rings (SSSR count). The zero-order valence-corrected chi connectivity index (χ0v) is 10.4. The Morgan fingerprint density at radius 1 is 1.41 bits per heavy atom. The van der Waals surface area contributed by atoms with Crippen molar-refractivity contribution in [2.75, 3.05) is 19.7 Å². The predicted octanol–water partition coefficient (Wildman–Crippen LogP) is 1.90. The maximum absolute atomic E-state index is 9.65. The fourth-order valence-electron chi connectivity index (χ4n) is 1.36. The van der Waals surface area contributed by atoms with Crippen LogP contribution in [0.5, 0.6) is 5.75 Å². The van der Waals surface area contributed by atoms with Gasteiger partial charge in [0, 0.05) is 6.54 Å². The molecule has 17 heavy (non-hydrogen) atoms. The zero-order valence-electron chi connectivity index (χ0n) is 10.4. The number of nitrogens with one attached hydrogen (secondary N) is 1. The van der Waals surface area contributed by atoms with Crippen LogP contribution in [0.3, 0.4) is 0 Å². The molecule has 1 atom stereocenters. The molecule has 0 bridgehead atoms. The van der Waals surface area contributed by atoms with Crippen LogP contribution in [0.4, 0.5) is 0 Å². The van der Waals surface area contributed by atoms with Crippen LogP contribution in [0.15, 0.2) is 36.9 Å². The summed E-state index contributed by atoms with van der Waals surface area (Å²) in [6, 6.07) is 7.80. The molecule has 0 radical (unpaired) electrons. The number of aliphatic hydroxyl groups excluding tert-OH is 1. The molecule has 0 fully saturated rings. The van der Waals surface area contributed by atoms with Gasteiger partial charge in [-0.25, -0.2) is 0 Å². The average molecular weight is 235 g/mol. The van der Waals surface area contributed by atoms with E-state index in [0.29, 0.717) is 13.2 Å². The van der Waals surface area contributed by atoms with Crippen molar-refractivity contribution in [2.45, 2.75) is 19.4 Å². The highest BCUT2D eigenvalue weighted by molar-refractivity contribution is 5.26. The van der Waals surface area contributed by atoms with Crippen molar-refractivity contribution in [1.82, 2.24) is 5.32 Å². The van der Waals surface area contributed by atoms with Gasteiger partial charge in [-0.3, -0.25) is 0 Å². The van der Waals surface area contributed by atoms with Crippen LogP contribution in [0.1, 0.15) is 12.0 Å². The fraction of sp³-hybridized carbons (Fsp3) is 0.429. The van der Waals surface area contributed by atoms with Crippen molar-refractivity contribution in [2.24, 2.45) is 0 Å². The molecule has 0 aliphatic rings. The maximum atomic E-state index is 9.65. The number of hydrogen-bond acceptors (Lipinski definition) is 3. The second-order valence-electron chi connectivity index (χ2n) is 4.06. The maximum Gasteiger partial charge on any atom is 0.119 e. The minimum absolute atomic E-state index is 0.310. The van der Waals surface area contributed by atoms with E-state index in [-0.39, 0.29) is 0 Å². The Hall–Kier alpha value is -1.32. The fourth-order valence-corrected chi connectivity index (χ4v) is 1.36. The van der Waals surface area contributed by atoms with Crippen LogP contribution < -0.4 is 10.1 Å². The number of benzene rings is 1. The van der Waals surface area contributed by atoms with Gasteiger partial charge in [-0.15, -0.1) is 6.58 Å². The van der Waals surface area contributed by atoms with E-state index in [1.165, 1.54) is 5.56 Å². The summed E-state index contributed by atoms with van der Waals surface area (Å²) in [5.74, 6) is 0.792. The summed E-state index contributed by atoms with van der Waals surface area (Å²) in [4.78, 5) is 0. The minimum Gasteiger partial charge on any atom is -0.491 e. The van der Waals surface area contributed by atoms with E-state index in [0.717, 1.165) is 18.7 Å². The van der Waals surface area contributed by atoms with Gasteiger partial charge in [0.2, 0.25) is 0 Å². The molecule has 3 nitrogen and oxygen atoms in total. The lowest BCUT2D eigenvalue weighted by Crippen LogP contribution is -2.31. The van der Waals surface area contributed by atoms with Gasteiger partial charge in [0.05, 0.1) is 0 Å². The molecule has 0 spiro atoms. The lowest BCUT2D eigenvalue weighted by Gasteiger charge is -2.13. The molecule has 0 saturated carbocycles. The summed E-state index contributed by atoms with van der Waals surface area (Å²) in [6.45, 7) is 7.35. The number of aliphatic hydroxyl groups is 1. The van der Waals surface area contributed by atoms with Crippen molar-refractivity contribution < 1.29 is 9.84 Å². The van der Waals surface area contributed by atoms with Gasteiger partial charge in [-0.2, -0.15) is 0 Å². The largest absolute Gasteiger partial charge is 0.491 e. The monoisotopic (exact) mass is 235 g/mol. The predicted molar refractivity (Wildman–Crippen MR) is 70.4 cm³/mol. The van der Waals surface area contributed by atoms with Crippen molar-refractivity contribution in [3.63, 3.8) is 0 Å². The first-order valence-corrected chi connectivity index (χ1v) is 5.91. The van der Waals surface area contributed by atoms with E-state index in [4.69, 9.17) is 4.74 Å². The summed E-state index contributed by atoms with van der Waals surface area (Å²) in [5.41, 5.74) is 1.20. The highest BCUT2D eigenvalue weighted by Gasteiger charge is 2.04. The Morgan fingerprint density at radius 3 is 2.76 bits per heavy atom. The third-order valence-corrected chi connectivity index (χ3v) is 2.37. The van der Waals surface area contributed by atoms with E-state index in [2.05, 4.69) is 11.9 Å². The normalized spacial score (nSPS) is 12.1. The molecule has 0 heterocycles. The van der Waals surface area contributed by atoms with E-state index < -0.39 is 6.10 Å². The summed E-state index contributed by atoms with van der Waals surface area (Å²) in [7, 11) is 0. The van der Waals surface area contributed by atoms with Crippen molar-refractivity contribution in [3.8, 4) is 5.75 Å².